The summed E-state index contributed by atoms with van der Waals surface area (Å²) in [6, 6.07) is 3.95. The zero-order chi connectivity index (χ0) is 15.6. The standard InChI is InChI=1S/C11H11ClN6O3/c1-17-3-2-9(16-17)14-11(19)6-4-7(12)10(15-13)8(5-6)18(20)21/h2-5,15H,13H2,1H3,(H,14,16,19). The Balaban J connectivity index is 2.35. The molecule has 0 radical (unpaired) electrons. The summed E-state index contributed by atoms with van der Waals surface area (Å²) in [6.07, 6.45) is 1.65. The first-order valence-electron chi connectivity index (χ1n) is 5.68. The molecule has 2 rings (SSSR count). The minimum Gasteiger partial charge on any atom is -0.317 e. The van der Waals surface area contributed by atoms with E-state index in [-0.39, 0.29) is 16.3 Å². The van der Waals surface area contributed by atoms with Crippen molar-refractivity contribution in [3.8, 4) is 0 Å². The van der Waals surface area contributed by atoms with E-state index in [9.17, 15) is 14.9 Å². The monoisotopic (exact) mass is 310 g/mol. The van der Waals surface area contributed by atoms with Crippen LogP contribution in [-0.2, 0) is 7.05 Å². The molecular formula is C11H11ClN6O3. The van der Waals surface area contributed by atoms with Crippen LogP contribution in [0.4, 0.5) is 17.2 Å². The molecule has 0 aliphatic carbocycles. The molecule has 2 aromatic rings. The highest BCUT2D eigenvalue weighted by Gasteiger charge is 2.21. The van der Waals surface area contributed by atoms with Gasteiger partial charge in [0, 0.05) is 30.9 Å². The maximum absolute atomic E-state index is 12.1. The third-order valence-corrected chi connectivity index (χ3v) is 2.93. The molecule has 110 valence electrons. The molecule has 4 N–H and O–H groups in total. The van der Waals surface area contributed by atoms with E-state index in [1.165, 1.54) is 10.7 Å². The van der Waals surface area contributed by atoms with Gasteiger partial charge in [0.15, 0.2) is 5.82 Å². The molecule has 1 aromatic carbocycles. The van der Waals surface area contributed by atoms with Crippen LogP contribution in [0.15, 0.2) is 24.4 Å². The summed E-state index contributed by atoms with van der Waals surface area (Å²) in [5, 5.41) is 17.4. The number of nitrogens with two attached hydrogens (primary N) is 1. The Morgan fingerprint density at radius 1 is 1.52 bits per heavy atom. The number of nitro benzene ring substituents is 1. The Labute approximate surface area is 123 Å². The van der Waals surface area contributed by atoms with Crippen molar-refractivity contribution in [2.75, 3.05) is 10.7 Å². The van der Waals surface area contributed by atoms with Crippen LogP contribution in [0.5, 0.6) is 0 Å². The van der Waals surface area contributed by atoms with Crippen molar-refractivity contribution < 1.29 is 9.72 Å². The van der Waals surface area contributed by atoms with E-state index in [1.54, 1.807) is 19.3 Å². The smallest absolute Gasteiger partial charge is 0.295 e. The summed E-state index contributed by atoms with van der Waals surface area (Å²) in [4.78, 5) is 22.3. The number of nitrogens with zero attached hydrogens (tertiary/aromatic N) is 3. The average Bonchev–Trinajstić information content (AvgIpc) is 2.82. The Kier molecular flexibility index (Phi) is 4.05. The maximum atomic E-state index is 12.1. The topological polar surface area (TPSA) is 128 Å². The predicted molar refractivity (Wildman–Crippen MR) is 77.1 cm³/mol. The number of halogens is 1. The van der Waals surface area contributed by atoms with Gasteiger partial charge >= 0.3 is 0 Å². The SMILES string of the molecule is Cn1ccc(NC(=O)c2cc(Cl)c(NN)c([N+](=O)[O-])c2)n1. The molecule has 0 atom stereocenters. The Morgan fingerprint density at radius 3 is 2.76 bits per heavy atom. The van der Waals surface area contributed by atoms with Gasteiger partial charge in [-0.05, 0) is 6.07 Å². The van der Waals surface area contributed by atoms with Crippen LogP contribution in [0, 0.1) is 10.1 Å². The van der Waals surface area contributed by atoms with Crippen molar-refractivity contribution in [3.63, 3.8) is 0 Å². The number of nitrogen functional groups attached to an aromatic ring is 1. The fourth-order valence-electron chi connectivity index (χ4n) is 1.68. The van der Waals surface area contributed by atoms with Crippen molar-refractivity contribution in [1.82, 2.24) is 9.78 Å². The molecule has 0 aliphatic heterocycles. The minimum absolute atomic E-state index is 0.0244. The number of amides is 1. The number of hydrogen-bond donors (Lipinski definition) is 3. The maximum Gasteiger partial charge on any atom is 0.295 e. The van der Waals surface area contributed by atoms with Crippen LogP contribution in [0.1, 0.15) is 10.4 Å². The van der Waals surface area contributed by atoms with Crippen LogP contribution >= 0.6 is 11.6 Å². The number of aromatic nitrogens is 2. The van der Waals surface area contributed by atoms with Crippen LogP contribution in [0.2, 0.25) is 5.02 Å². The Bertz CT molecular complexity index is 714. The molecule has 1 heterocycles. The molecule has 1 amide bonds. The highest BCUT2D eigenvalue weighted by atomic mass is 35.5. The van der Waals surface area contributed by atoms with Crippen molar-refractivity contribution in [1.29, 1.82) is 0 Å². The van der Waals surface area contributed by atoms with Gasteiger partial charge < -0.3 is 10.7 Å². The normalized spacial score (nSPS) is 10.2. The fraction of sp³-hybridized carbons (Fsp3) is 0.0909. The van der Waals surface area contributed by atoms with E-state index in [0.717, 1.165) is 6.07 Å². The Morgan fingerprint density at radius 2 is 2.24 bits per heavy atom. The first-order chi connectivity index (χ1) is 9.92. The van der Waals surface area contributed by atoms with Gasteiger partial charge in [0.1, 0.15) is 5.69 Å². The largest absolute Gasteiger partial charge is 0.317 e. The zero-order valence-electron chi connectivity index (χ0n) is 10.8. The molecule has 21 heavy (non-hydrogen) atoms. The number of hydrazine groups is 1. The van der Waals surface area contributed by atoms with Crippen molar-refractivity contribution in [3.05, 3.63) is 45.1 Å². The quantitative estimate of drug-likeness (QED) is 0.446. The van der Waals surface area contributed by atoms with E-state index in [1.807, 2.05) is 0 Å². The highest BCUT2D eigenvalue weighted by molar-refractivity contribution is 6.34. The second kappa shape index (κ2) is 5.77. The molecular weight excluding hydrogens is 300 g/mol. The lowest BCUT2D eigenvalue weighted by molar-refractivity contribution is -0.384. The van der Waals surface area contributed by atoms with E-state index < -0.39 is 16.5 Å². The van der Waals surface area contributed by atoms with Crippen molar-refractivity contribution in [2.45, 2.75) is 0 Å². The summed E-state index contributed by atoms with van der Waals surface area (Å²) < 4.78 is 1.51. The number of nitrogens with one attached hydrogen (secondary N) is 2. The van der Waals surface area contributed by atoms with Gasteiger partial charge in [-0.3, -0.25) is 25.4 Å². The molecule has 0 fully saturated rings. The zero-order valence-corrected chi connectivity index (χ0v) is 11.6. The number of nitro groups is 1. The van der Waals surface area contributed by atoms with Gasteiger partial charge in [0.2, 0.25) is 0 Å². The molecule has 0 spiro atoms. The summed E-state index contributed by atoms with van der Waals surface area (Å²) >= 11 is 5.88. The Hall–Kier alpha value is -2.65. The van der Waals surface area contributed by atoms with Gasteiger partial charge in [-0.1, -0.05) is 11.6 Å². The van der Waals surface area contributed by atoms with E-state index >= 15 is 0 Å². The van der Waals surface area contributed by atoms with Crippen molar-refractivity contribution in [2.24, 2.45) is 12.9 Å². The van der Waals surface area contributed by atoms with E-state index in [4.69, 9.17) is 17.4 Å². The fourth-order valence-corrected chi connectivity index (χ4v) is 1.95. The van der Waals surface area contributed by atoms with Gasteiger partial charge in [-0.2, -0.15) is 5.10 Å². The van der Waals surface area contributed by atoms with Crippen LogP contribution < -0.4 is 16.6 Å². The summed E-state index contributed by atoms with van der Waals surface area (Å²) in [5.41, 5.74) is 1.72. The molecule has 0 aliphatic rings. The summed E-state index contributed by atoms with van der Waals surface area (Å²) in [6.45, 7) is 0. The van der Waals surface area contributed by atoms with Crippen molar-refractivity contribution >= 4 is 34.7 Å². The lowest BCUT2D eigenvalue weighted by atomic mass is 10.1. The van der Waals surface area contributed by atoms with E-state index in [0.29, 0.717) is 5.82 Å². The number of hydrogen-bond acceptors (Lipinski definition) is 6. The molecule has 9 nitrogen and oxygen atoms in total. The average molecular weight is 311 g/mol. The number of rotatable bonds is 4. The first-order valence-corrected chi connectivity index (χ1v) is 6.05. The molecule has 0 saturated heterocycles. The van der Waals surface area contributed by atoms with Gasteiger partial charge in [-0.25, -0.2) is 0 Å². The van der Waals surface area contributed by atoms with Crippen LogP contribution in [-0.4, -0.2) is 20.6 Å². The van der Waals surface area contributed by atoms with Crippen LogP contribution in [0.3, 0.4) is 0 Å². The molecule has 0 unspecified atom stereocenters. The minimum atomic E-state index is -0.682. The molecule has 10 heteroatoms. The third-order valence-electron chi connectivity index (χ3n) is 2.63. The number of carbonyl (C=O) groups is 1. The predicted octanol–water partition coefficient (Wildman–Crippen LogP) is 1.52. The van der Waals surface area contributed by atoms with Gasteiger partial charge in [0.05, 0.1) is 9.95 Å². The van der Waals surface area contributed by atoms with Gasteiger partial charge in [0.25, 0.3) is 11.6 Å². The molecule has 0 saturated carbocycles. The highest BCUT2D eigenvalue weighted by Crippen LogP contribution is 2.33. The first kappa shape index (κ1) is 14.8. The summed E-state index contributed by atoms with van der Waals surface area (Å²) in [5.74, 6) is 4.94. The molecule has 1 aromatic heterocycles. The number of anilines is 2. The lowest BCUT2D eigenvalue weighted by Gasteiger charge is -2.07. The number of benzene rings is 1. The number of carbonyl (C=O) groups excluding carboxylic acids is 1. The second-order valence-electron chi connectivity index (χ2n) is 4.08. The second-order valence-corrected chi connectivity index (χ2v) is 4.49. The van der Waals surface area contributed by atoms with Crippen LogP contribution in [0.25, 0.3) is 0 Å². The summed E-state index contributed by atoms with van der Waals surface area (Å²) in [7, 11) is 1.69. The third kappa shape index (κ3) is 3.09. The van der Waals surface area contributed by atoms with E-state index in [2.05, 4.69) is 15.8 Å². The van der Waals surface area contributed by atoms with Gasteiger partial charge in [-0.15, -0.1) is 0 Å². The number of aryl methyl sites for hydroxylation is 1. The lowest BCUT2D eigenvalue weighted by Crippen LogP contribution is -2.15. The molecule has 0 bridgehead atoms.